The summed E-state index contributed by atoms with van der Waals surface area (Å²) in [5.74, 6) is 1.08. The Kier molecular flexibility index (Phi) is 2.00. The molecule has 3 unspecified atom stereocenters. The molecule has 0 aromatic rings. The second kappa shape index (κ2) is 3.01. The van der Waals surface area contributed by atoms with Crippen LogP contribution in [0.2, 0.25) is 0 Å². The highest BCUT2D eigenvalue weighted by Crippen LogP contribution is 2.35. The summed E-state index contributed by atoms with van der Waals surface area (Å²) in [6, 6.07) is -0.298. The van der Waals surface area contributed by atoms with Gasteiger partial charge in [-0.15, -0.1) is 0 Å². The zero-order valence-corrected chi connectivity index (χ0v) is 6.94. The molecule has 0 amide bonds. The Morgan fingerprint density at radius 1 is 1.25 bits per heavy atom. The van der Waals surface area contributed by atoms with Crippen LogP contribution in [0.4, 0.5) is 0 Å². The van der Waals surface area contributed by atoms with Crippen LogP contribution in [0.15, 0.2) is 0 Å². The van der Waals surface area contributed by atoms with Gasteiger partial charge in [0, 0.05) is 31.0 Å². The molecule has 2 aliphatic rings. The van der Waals surface area contributed by atoms with Gasteiger partial charge in [-0.3, -0.25) is 10.1 Å². The molecule has 0 aromatic heterocycles. The summed E-state index contributed by atoms with van der Waals surface area (Å²) in [5.41, 5.74) is 0. The third kappa shape index (κ3) is 1.31. The van der Waals surface area contributed by atoms with Crippen LogP contribution in [0.25, 0.3) is 0 Å². The second-order valence-corrected chi connectivity index (χ2v) is 3.81. The van der Waals surface area contributed by atoms with Crippen molar-refractivity contribution in [3.63, 3.8) is 0 Å². The number of nitrogens with zero attached hydrogens (tertiary/aromatic N) is 1. The van der Waals surface area contributed by atoms with Crippen molar-refractivity contribution in [1.82, 2.24) is 0 Å². The van der Waals surface area contributed by atoms with Crippen LogP contribution in [0, 0.1) is 22.0 Å². The molecule has 1 aliphatic carbocycles. The first-order chi connectivity index (χ1) is 5.77. The fourth-order valence-corrected chi connectivity index (χ4v) is 2.29. The Bertz CT molecular complexity index is 195. The highest BCUT2D eigenvalue weighted by atomic mass is 16.6. The number of fused-ring (bicyclic) bond motifs is 1. The molecule has 2 fully saturated rings. The van der Waals surface area contributed by atoms with Crippen molar-refractivity contribution in [2.24, 2.45) is 11.8 Å². The Hall–Kier alpha value is -0.640. The van der Waals surface area contributed by atoms with Crippen LogP contribution < -0.4 is 0 Å². The van der Waals surface area contributed by atoms with Crippen LogP contribution in [-0.2, 0) is 4.74 Å². The maximum absolute atomic E-state index is 10.5. The minimum Gasteiger partial charge on any atom is -0.381 e. The molecule has 1 aliphatic heterocycles. The summed E-state index contributed by atoms with van der Waals surface area (Å²) in [6.07, 6.45) is 2.46. The minimum absolute atomic E-state index is 0.130. The summed E-state index contributed by atoms with van der Waals surface area (Å²) in [5, 5.41) is 10.5. The normalized spacial score (nSPS) is 40.8. The van der Waals surface area contributed by atoms with E-state index in [-0.39, 0.29) is 11.0 Å². The van der Waals surface area contributed by atoms with E-state index < -0.39 is 0 Å². The van der Waals surface area contributed by atoms with Gasteiger partial charge in [0.1, 0.15) is 0 Å². The summed E-state index contributed by atoms with van der Waals surface area (Å²) < 4.78 is 5.30. The van der Waals surface area contributed by atoms with Gasteiger partial charge in [0.25, 0.3) is 0 Å². The maximum Gasteiger partial charge on any atom is 0.213 e. The zero-order valence-electron chi connectivity index (χ0n) is 6.94. The van der Waals surface area contributed by atoms with E-state index in [1.807, 2.05) is 0 Å². The molecule has 1 heterocycles. The van der Waals surface area contributed by atoms with Crippen LogP contribution in [-0.4, -0.2) is 24.2 Å². The molecular formula is C8H13NO3. The van der Waals surface area contributed by atoms with E-state index in [0.717, 1.165) is 32.5 Å². The van der Waals surface area contributed by atoms with Gasteiger partial charge in [0.2, 0.25) is 6.04 Å². The van der Waals surface area contributed by atoms with Crippen molar-refractivity contribution in [3.8, 4) is 0 Å². The highest BCUT2D eigenvalue weighted by molar-refractivity contribution is 4.83. The molecule has 0 N–H and O–H groups in total. The minimum atomic E-state index is -0.298. The Balaban J connectivity index is 1.96. The number of rotatable bonds is 1. The van der Waals surface area contributed by atoms with Gasteiger partial charge in [-0.1, -0.05) is 0 Å². The van der Waals surface area contributed by atoms with Crippen molar-refractivity contribution in [2.75, 3.05) is 13.2 Å². The number of nitro groups is 1. The second-order valence-electron chi connectivity index (χ2n) is 3.81. The monoisotopic (exact) mass is 171 g/mol. The van der Waals surface area contributed by atoms with E-state index >= 15 is 0 Å². The molecule has 0 bridgehead atoms. The number of hydrogen-bond acceptors (Lipinski definition) is 3. The molecule has 0 spiro atoms. The summed E-state index contributed by atoms with van der Waals surface area (Å²) in [6.45, 7) is 1.57. The van der Waals surface area contributed by atoms with Crippen LogP contribution in [0.1, 0.15) is 19.3 Å². The molecule has 3 atom stereocenters. The molecule has 68 valence electrons. The summed E-state index contributed by atoms with van der Waals surface area (Å²) in [4.78, 5) is 10.4. The molecule has 4 heteroatoms. The van der Waals surface area contributed by atoms with E-state index in [0.29, 0.717) is 11.8 Å². The van der Waals surface area contributed by atoms with E-state index in [2.05, 4.69) is 0 Å². The van der Waals surface area contributed by atoms with Gasteiger partial charge in [-0.05, 0) is 18.3 Å². The largest absolute Gasteiger partial charge is 0.381 e. The average Bonchev–Trinajstić information content (AvgIpc) is 2.49. The van der Waals surface area contributed by atoms with Gasteiger partial charge >= 0.3 is 0 Å². The molecule has 12 heavy (non-hydrogen) atoms. The molecule has 1 saturated carbocycles. The van der Waals surface area contributed by atoms with Gasteiger partial charge in [-0.2, -0.15) is 0 Å². The van der Waals surface area contributed by atoms with E-state index in [4.69, 9.17) is 4.74 Å². The van der Waals surface area contributed by atoms with Gasteiger partial charge in [0.15, 0.2) is 0 Å². The first kappa shape index (κ1) is 7.98. The molecule has 1 saturated heterocycles. The molecule has 2 rings (SSSR count). The average molecular weight is 171 g/mol. The number of hydrogen-bond donors (Lipinski definition) is 0. The molecular weight excluding hydrogens is 158 g/mol. The topological polar surface area (TPSA) is 52.4 Å². The molecule has 4 nitrogen and oxygen atoms in total. The van der Waals surface area contributed by atoms with Crippen molar-refractivity contribution in [2.45, 2.75) is 25.3 Å². The zero-order chi connectivity index (χ0) is 8.55. The van der Waals surface area contributed by atoms with Gasteiger partial charge in [-0.25, -0.2) is 0 Å². The first-order valence-electron chi connectivity index (χ1n) is 4.48. The summed E-state index contributed by atoms with van der Waals surface area (Å²) >= 11 is 0. The van der Waals surface area contributed by atoms with Gasteiger partial charge < -0.3 is 4.74 Å². The van der Waals surface area contributed by atoms with E-state index in [1.165, 1.54) is 0 Å². The Morgan fingerprint density at radius 3 is 2.75 bits per heavy atom. The van der Waals surface area contributed by atoms with Crippen LogP contribution in [0.5, 0.6) is 0 Å². The van der Waals surface area contributed by atoms with Crippen molar-refractivity contribution >= 4 is 0 Å². The fraction of sp³-hybridized carbons (Fsp3) is 1.00. The van der Waals surface area contributed by atoms with Gasteiger partial charge in [0.05, 0.1) is 0 Å². The third-order valence-electron chi connectivity index (χ3n) is 3.07. The SMILES string of the molecule is O=[N+]([O-])C1CCC2COCC2C1. The maximum atomic E-state index is 10.5. The van der Waals surface area contributed by atoms with Crippen LogP contribution >= 0.6 is 0 Å². The smallest absolute Gasteiger partial charge is 0.213 e. The first-order valence-corrected chi connectivity index (χ1v) is 4.48. The standard InChI is InChI=1S/C8H13NO3/c10-9(11)8-2-1-6-4-12-5-7(6)3-8/h6-8H,1-5H2. The molecule has 0 radical (unpaired) electrons. The van der Waals surface area contributed by atoms with Crippen molar-refractivity contribution in [1.29, 1.82) is 0 Å². The van der Waals surface area contributed by atoms with E-state index in [9.17, 15) is 10.1 Å². The lowest BCUT2D eigenvalue weighted by Gasteiger charge is -2.25. The molecule has 0 aromatic carbocycles. The van der Waals surface area contributed by atoms with Crippen molar-refractivity contribution in [3.05, 3.63) is 10.1 Å². The summed E-state index contributed by atoms with van der Waals surface area (Å²) in [7, 11) is 0. The Labute approximate surface area is 71.0 Å². The highest BCUT2D eigenvalue weighted by Gasteiger charge is 2.39. The lowest BCUT2D eigenvalue weighted by molar-refractivity contribution is -0.528. The third-order valence-corrected chi connectivity index (χ3v) is 3.07. The predicted molar refractivity (Wildman–Crippen MR) is 42.4 cm³/mol. The fourth-order valence-electron chi connectivity index (χ4n) is 2.29. The predicted octanol–water partition coefficient (Wildman–Crippen LogP) is 1.08. The lowest BCUT2D eigenvalue weighted by Crippen LogP contribution is -2.31. The van der Waals surface area contributed by atoms with E-state index in [1.54, 1.807) is 0 Å². The van der Waals surface area contributed by atoms with Crippen LogP contribution in [0.3, 0.4) is 0 Å². The number of ether oxygens (including phenoxy) is 1. The lowest BCUT2D eigenvalue weighted by atomic mass is 9.79. The quantitative estimate of drug-likeness (QED) is 0.438. The Morgan fingerprint density at radius 2 is 2.00 bits per heavy atom. The van der Waals surface area contributed by atoms with Crippen molar-refractivity contribution < 1.29 is 9.66 Å².